The van der Waals surface area contributed by atoms with Crippen molar-refractivity contribution in [3.8, 4) is 0 Å². The molecule has 144 valence electrons. The number of rotatable bonds is 2. The van der Waals surface area contributed by atoms with Crippen LogP contribution in [0.3, 0.4) is 0 Å². The summed E-state index contributed by atoms with van der Waals surface area (Å²) in [5, 5.41) is 3.32. The number of nitrogens with zero attached hydrogens (tertiary/aromatic N) is 2. The molecule has 27 heavy (non-hydrogen) atoms. The van der Waals surface area contributed by atoms with Gasteiger partial charge in [-0.25, -0.2) is 0 Å². The van der Waals surface area contributed by atoms with E-state index in [0.717, 1.165) is 37.2 Å². The van der Waals surface area contributed by atoms with Crippen molar-refractivity contribution in [1.82, 2.24) is 15.1 Å². The van der Waals surface area contributed by atoms with Crippen LogP contribution in [0.15, 0.2) is 47.1 Å². The minimum atomic E-state index is -0.486. The molecule has 0 saturated carbocycles. The van der Waals surface area contributed by atoms with E-state index in [0.29, 0.717) is 19.5 Å². The van der Waals surface area contributed by atoms with Gasteiger partial charge >= 0.3 is 0 Å². The molecule has 0 aliphatic carbocycles. The van der Waals surface area contributed by atoms with Gasteiger partial charge in [0.1, 0.15) is 6.04 Å². The van der Waals surface area contributed by atoms with Crippen molar-refractivity contribution in [2.75, 3.05) is 26.2 Å². The van der Waals surface area contributed by atoms with Gasteiger partial charge in [0.15, 0.2) is 5.76 Å². The molecule has 0 bridgehead atoms. The minimum absolute atomic E-state index is 0. The summed E-state index contributed by atoms with van der Waals surface area (Å²) in [5.41, 5.74) is 2.23. The molecule has 6 nitrogen and oxygen atoms in total. The van der Waals surface area contributed by atoms with Crippen molar-refractivity contribution in [2.24, 2.45) is 0 Å². The number of furan rings is 1. The third kappa shape index (κ3) is 4.01. The van der Waals surface area contributed by atoms with Crippen LogP contribution in [0, 0.1) is 0 Å². The number of amides is 2. The lowest BCUT2D eigenvalue weighted by Crippen LogP contribution is -2.54. The smallest absolute Gasteiger partial charge is 0.290 e. The van der Waals surface area contributed by atoms with Crippen molar-refractivity contribution < 1.29 is 14.0 Å². The summed E-state index contributed by atoms with van der Waals surface area (Å²) in [6, 6.07) is 10.9. The fourth-order valence-corrected chi connectivity index (χ4v) is 3.78. The Morgan fingerprint density at radius 2 is 1.85 bits per heavy atom. The highest BCUT2D eigenvalue weighted by Crippen LogP contribution is 2.26. The third-order valence-corrected chi connectivity index (χ3v) is 5.18. The largest absolute Gasteiger partial charge is 0.459 e. The molecule has 0 spiro atoms. The van der Waals surface area contributed by atoms with Crippen molar-refractivity contribution in [3.63, 3.8) is 0 Å². The molecule has 1 N–H and O–H groups in total. The fraction of sp³-hybridized carbons (Fsp3) is 0.400. The van der Waals surface area contributed by atoms with Gasteiger partial charge in [-0.05, 0) is 36.2 Å². The predicted octanol–water partition coefficient (Wildman–Crippen LogP) is 2.09. The van der Waals surface area contributed by atoms with E-state index < -0.39 is 6.04 Å². The lowest BCUT2D eigenvalue weighted by atomic mass is 9.92. The van der Waals surface area contributed by atoms with E-state index in [1.54, 1.807) is 17.0 Å². The lowest BCUT2D eigenvalue weighted by Gasteiger charge is -2.38. The van der Waals surface area contributed by atoms with E-state index in [9.17, 15) is 9.59 Å². The lowest BCUT2D eigenvalue weighted by molar-refractivity contribution is -0.136. The number of hydrogen-bond donors (Lipinski definition) is 1. The van der Waals surface area contributed by atoms with E-state index in [1.165, 1.54) is 6.26 Å². The maximum atomic E-state index is 13.3. The molecule has 1 saturated heterocycles. The predicted molar refractivity (Wildman–Crippen MR) is 104 cm³/mol. The van der Waals surface area contributed by atoms with Crippen molar-refractivity contribution in [1.29, 1.82) is 0 Å². The van der Waals surface area contributed by atoms with Gasteiger partial charge in [0.25, 0.3) is 5.91 Å². The van der Waals surface area contributed by atoms with Crippen molar-refractivity contribution >= 4 is 24.2 Å². The summed E-state index contributed by atoms with van der Waals surface area (Å²) in [4.78, 5) is 29.8. The Labute approximate surface area is 164 Å². The Kier molecular flexibility index (Phi) is 6.19. The van der Waals surface area contributed by atoms with Gasteiger partial charge in [0.05, 0.1) is 6.26 Å². The van der Waals surface area contributed by atoms with Crippen LogP contribution in [0.25, 0.3) is 0 Å². The van der Waals surface area contributed by atoms with E-state index in [4.69, 9.17) is 4.42 Å². The zero-order valence-electron chi connectivity index (χ0n) is 15.1. The normalized spacial score (nSPS) is 19.6. The van der Waals surface area contributed by atoms with Crippen LogP contribution in [-0.4, -0.2) is 53.8 Å². The maximum absolute atomic E-state index is 13.3. The van der Waals surface area contributed by atoms with Gasteiger partial charge in [0.2, 0.25) is 5.91 Å². The first-order valence-corrected chi connectivity index (χ1v) is 9.15. The van der Waals surface area contributed by atoms with E-state index in [1.807, 2.05) is 29.2 Å². The summed E-state index contributed by atoms with van der Waals surface area (Å²) >= 11 is 0. The maximum Gasteiger partial charge on any atom is 0.290 e. The first-order chi connectivity index (χ1) is 12.7. The quantitative estimate of drug-likeness (QED) is 0.854. The molecule has 4 rings (SSSR count). The Hall–Kier alpha value is -2.31. The third-order valence-electron chi connectivity index (χ3n) is 5.18. The highest BCUT2D eigenvalue weighted by Gasteiger charge is 2.38. The first kappa shape index (κ1) is 19.5. The second kappa shape index (κ2) is 8.59. The Bertz CT molecular complexity index is 786. The van der Waals surface area contributed by atoms with Crippen LogP contribution in [0.5, 0.6) is 0 Å². The average molecular weight is 390 g/mol. The van der Waals surface area contributed by atoms with Crippen LogP contribution in [0.2, 0.25) is 0 Å². The summed E-state index contributed by atoms with van der Waals surface area (Å²) in [6.45, 7) is 3.55. The Morgan fingerprint density at radius 3 is 2.63 bits per heavy atom. The molecule has 1 atom stereocenters. The molecule has 1 unspecified atom stereocenters. The Morgan fingerprint density at radius 1 is 1.04 bits per heavy atom. The summed E-state index contributed by atoms with van der Waals surface area (Å²) < 4.78 is 5.30. The molecule has 2 aromatic rings. The van der Waals surface area contributed by atoms with E-state index >= 15 is 0 Å². The molecule has 2 aliphatic heterocycles. The summed E-state index contributed by atoms with van der Waals surface area (Å²) in [7, 11) is 0. The van der Waals surface area contributed by atoms with Gasteiger partial charge in [-0.1, -0.05) is 24.3 Å². The number of benzene rings is 1. The van der Waals surface area contributed by atoms with Crippen LogP contribution in [-0.2, 0) is 17.8 Å². The molecule has 3 heterocycles. The van der Waals surface area contributed by atoms with Crippen LogP contribution < -0.4 is 5.32 Å². The fourth-order valence-electron chi connectivity index (χ4n) is 3.78. The molecule has 7 heteroatoms. The van der Waals surface area contributed by atoms with Gasteiger partial charge in [-0.15, -0.1) is 12.4 Å². The van der Waals surface area contributed by atoms with Crippen LogP contribution >= 0.6 is 12.4 Å². The minimum Gasteiger partial charge on any atom is -0.459 e. The molecule has 1 fully saturated rings. The van der Waals surface area contributed by atoms with Crippen LogP contribution in [0.1, 0.15) is 28.1 Å². The number of halogens is 1. The molecule has 2 aliphatic rings. The van der Waals surface area contributed by atoms with Crippen LogP contribution in [0.4, 0.5) is 0 Å². The molecular weight excluding hydrogens is 366 g/mol. The zero-order chi connectivity index (χ0) is 17.9. The van der Waals surface area contributed by atoms with E-state index in [-0.39, 0.29) is 30.0 Å². The zero-order valence-corrected chi connectivity index (χ0v) is 15.9. The van der Waals surface area contributed by atoms with Gasteiger partial charge in [-0.2, -0.15) is 0 Å². The number of carbonyl (C=O) groups is 2. The molecule has 1 aromatic carbocycles. The number of fused-ring (bicyclic) bond motifs is 1. The van der Waals surface area contributed by atoms with E-state index in [2.05, 4.69) is 5.32 Å². The SMILES string of the molecule is Cl.O=C(C1Cc2ccccc2CN1C(=O)c1ccco1)N1CCCNCC1. The number of nitrogens with one attached hydrogen (secondary N) is 1. The second-order valence-corrected chi connectivity index (χ2v) is 6.83. The summed E-state index contributed by atoms with van der Waals surface area (Å²) in [6.07, 6.45) is 2.97. The average Bonchev–Trinajstić information content (AvgIpc) is 3.08. The standard InChI is InChI=1S/C20H23N3O3.ClH/c24-19(22-10-4-8-21-9-11-22)17-13-15-5-1-2-6-16(15)14-23(17)20(25)18-7-3-12-26-18;/h1-3,5-7,12,17,21H,4,8-11,13-14H2;1H. The summed E-state index contributed by atoms with van der Waals surface area (Å²) in [5.74, 6) is 0.0821. The molecule has 0 radical (unpaired) electrons. The molecular formula is C20H24ClN3O3. The molecule has 1 aromatic heterocycles. The number of hydrogen-bond acceptors (Lipinski definition) is 4. The van der Waals surface area contributed by atoms with Gasteiger partial charge in [-0.3, -0.25) is 9.59 Å². The highest BCUT2D eigenvalue weighted by atomic mass is 35.5. The van der Waals surface area contributed by atoms with Gasteiger partial charge < -0.3 is 19.5 Å². The second-order valence-electron chi connectivity index (χ2n) is 6.83. The van der Waals surface area contributed by atoms with Crippen molar-refractivity contribution in [3.05, 3.63) is 59.5 Å². The molecule has 2 amide bonds. The number of carbonyl (C=O) groups excluding carboxylic acids is 2. The van der Waals surface area contributed by atoms with Gasteiger partial charge in [0, 0.05) is 32.6 Å². The van der Waals surface area contributed by atoms with Crippen molar-refractivity contribution in [2.45, 2.75) is 25.4 Å². The topological polar surface area (TPSA) is 65.8 Å². The monoisotopic (exact) mass is 389 g/mol. The highest BCUT2D eigenvalue weighted by molar-refractivity contribution is 5.96. The Balaban J connectivity index is 0.00000210. The first-order valence-electron chi connectivity index (χ1n) is 9.15.